The highest BCUT2D eigenvalue weighted by Gasteiger charge is 2.29. The number of likely N-dealkylation sites (tertiary alicyclic amines) is 1. The molecule has 3 nitrogen and oxygen atoms in total. The summed E-state index contributed by atoms with van der Waals surface area (Å²) in [5, 5.41) is 0. The van der Waals surface area contributed by atoms with Crippen molar-refractivity contribution in [1.29, 1.82) is 0 Å². The van der Waals surface area contributed by atoms with Crippen LogP contribution in [0.3, 0.4) is 0 Å². The second-order valence-electron chi connectivity index (χ2n) is 5.13. The van der Waals surface area contributed by atoms with Crippen molar-refractivity contribution < 1.29 is 4.79 Å². The van der Waals surface area contributed by atoms with E-state index in [2.05, 4.69) is 4.98 Å². The molecule has 2 aromatic rings. The van der Waals surface area contributed by atoms with Crippen LogP contribution in [0.15, 0.2) is 54.7 Å². The molecule has 102 valence electrons. The first-order chi connectivity index (χ1) is 9.86. The van der Waals surface area contributed by atoms with Gasteiger partial charge >= 0.3 is 0 Å². The van der Waals surface area contributed by atoms with Gasteiger partial charge in [-0.15, -0.1) is 0 Å². The van der Waals surface area contributed by atoms with Gasteiger partial charge in [0.1, 0.15) is 0 Å². The molecule has 0 unspecified atom stereocenters. The van der Waals surface area contributed by atoms with Crippen molar-refractivity contribution in [2.24, 2.45) is 0 Å². The molecule has 20 heavy (non-hydrogen) atoms. The van der Waals surface area contributed by atoms with Crippen LogP contribution < -0.4 is 0 Å². The highest BCUT2D eigenvalue weighted by atomic mass is 16.2. The third-order valence-corrected chi connectivity index (χ3v) is 3.81. The summed E-state index contributed by atoms with van der Waals surface area (Å²) in [5.41, 5.74) is 1.76. The number of pyridine rings is 1. The fourth-order valence-electron chi connectivity index (χ4n) is 2.80. The number of nitrogens with zero attached hydrogens (tertiary/aromatic N) is 2. The summed E-state index contributed by atoms with van der Waals surface area (Å²) in [4.78, 5) is 19.1. The average Bonchev–Trinajstić information content (AvgIpc) is 2.56. The molecule has 0 N–H and O–H groups in total. The van der Waals surface area contributed by atoms with Crippen LogP contribution in [0.2, 0.25) is 0 Å². The zero-order valence-corrected chi connectivity index (χ0v) is 11.4. The number of aromatic nitrogens is 1. The Balaban J connectivity index is 1.88. The Bertz CT molecular complexity index is 568. The fraction of sp³-hybridized carbons (Fsp3) is 0.294. The molecule has 1 atom stereocenters. The summed E-state index contributed by atoms with van der Waals surface area (Å²) >= 11 is 0. The zero-order valence-electron chi connectivity index (χ0n) is 11.4. The molecule has 0 aliphatic carbocycles. The maximum atomic E-state index is 12.7. The van der Waals surface area contributed by atoms with Gasteiger partial charge in [-0.3, -0.25) is 9.78 Å². The molecular weight excluding hydrogens is 248 g/mol. The minimum atomic E-state index is 0.109. The summed E-state index contributed by atoms with van der Waals surface area (Å²) in [6, 6.07) is 15.5. The fourth-order valence-corrected chi connectivity index (χ4v) is 2.80. The van der Waals surface area contributed by atoms with E-state index in [4.69, 9.17) is 0 Å². The number of hydrogen-bond acceptors (Lipinski definition) is 2. The first kappa shape index (κ1) is 12.9. The van der Waals surface area contributed by atoms with E-state index in [1.165, 1.54) is 0 Å². The summed E-state index contributed by atoms with van der Waals surface area (Å²) in [6.07, 6.45) is 5.02. The van der Waals surface area contributed by atoms with E-state index in [0.29, 0.717) is 0 Å². The molecule has 0 saturated carbocycles. The number of carbonyl (C=O) groups excluding carboxylic acids is 1. The molecule has 1 aliphatic rings. The van der Waals surface area contributed by atoms with Gasteiger partial charge in [0.25, 0.3) is 5.91 Å². The Morgan fingerprint density at radius 1 is 1.05 bits per heavy atom. The van der Waals surface area contributed by atoms with Gasteiger partial charge in [-0.05, 0) is 43.5 Å². The Morgan fingerprint density at radius 3 is 2.60 bits per heavy atom. The predicted octanol–water partition coefficient (Wildman–Crippen LogP) is 3.45. The van der Waals surface area contributed by atoms with E-state index < -0.39 is 0 Å². The molecule has 1 aromatic carbocycles. The average molecular weight is 266 g/mol. The number of amides is 1. The minimum Gasteiger partial charge on any atom is -0.330 e. The quantitative estimate of drug-likeness (QED) is 0.834. The molecule has 0 spiro atoms. The van der Waals surface area contributed by atoms with Gasteiger partial charge in [-0.2, -0.15) is 0 Å². The molecule has 0 bridgehead atoms. The standard InChI is InChI=1S/C17H18N2O/c20-17(14-8-2-1-3-9-14)19-13-7-5-11-16(19)15-10-4-6-12-18-15/h1-4,6,8-10,12,16H,5,7,11,13H2/t16-/m0/s1. The van der Waals surface area contributed by atoms with Gasteiger partial charge in [0, 0.05) is 18.3 Å². The molecule has 1 amide bonds. The normalized spacial score (nSPS) is 18.8. The van der Waals surface area contributed by atoms with E-state index in [9.17, 15) is 4.79 Å². The first-order valence-electron chi connectivity index (χ1n) is 7.13. The van der Waals surface area contributed by atoms with Crippen molar-refractivity contribution >= 4 is 5.91 Å². The highest BCUT2D eigenvalue weighted by Crippen LogP contribution is 2.30. The SMILES string of the molecule is O=C(c1ccccc1)N1CCCC[C@H]1c1ccccn1. The largest absolute Gasteiger partial charge is 0.330 e. The molecule has 3 rings (SSSR count). The Hall–Kier alpha value is -2.16. The van der Waals surface area contributed by atoms with Gasteiger partial charge in [-0.25, -0.2) is 0 Å². The Labute approximate surface area is 119 Å². The van der Waals surface area contributed by atoms with Crippen molar-refractivity contribution in [3.63, 3.8) is 0 Å². The second kappa shape index (κ2) is 5.87. The molecule has 1 fully saturated rings. The van der Waals surface area contributed by atoms with Crippen molar-refractivity contribution in [2.45, 2.75) is 25.3 Å². The van der Waals surface area contributed by atoms with Crippen molar-refractivity contribution in [1.82, 2.24) is 9.88 Å². The lowest BCUT2D eigenvalue weighted by Crippen LogP contribution is -2.38. The van der Waals surface area contributed by atoms with Crippen molar-refractivity contribution in [2.75, 3.05) is 6.54 Å². The number of benzene rings is 1. The van der Waals surface area contributed by atoms with Gasteiger partial charge < -0.3 is 4.90 Å². The summed E-state index contributed by atoms with van der Waals surface area (Å²) in [7, 11) is 0. The summed E-state index contributed by atoms with van der Waals surface area (Å²) in [5.74, 6) is 0.112. The van der Waals surface area contributed by atoms with E-state index >= 15 is 0 Å². The van der Waals surface area contributed by atoms with Crippen LogP contribution in [0.4, 0.5) is 0 Å². The lowest BCUT2D eigenvalue weighted by Gasteiger charge is -2.35. The van der Waals surface area contributed by atoms with Crippen LogP contribution in [0.25, 0.3) is 0 Å². The molecule has 3 heteroatoms. The third kappa shape index (κ3) is 2.57. The first-order valence-corrected chi connectivity index (χ1v) is 7.13. The highest BCUT2D eigenvalue weighted by molar-refractivity contribution is 5.94. The Morgan fingerprint density at radius 2 is 1.85 bits per heavy atom. The lowest BCUT2D eigenvalue weighted by molar-refractivity contribution is 0.0606. The van der Waals surface area contributed by atoms with E-state index in [-0.39, 0.29) is 11.9 Å². The predicted molar refractivity (Wildman–Crippen MR) is 78.3 cm³/mol. The van der Waals surface area contributed by atoms with Crippen LogP contribution in [0.1, 0.15) is 41.4 Å². The monoisotopic (exact) mass is 266 g/mol. The number of rotatable bonds is 2. The molecule has 1 aliphatic heterocycles. The number of carbonyl (C=O) groups is 1. The third-order valence-electron chi connectivity index (χ3n) is 3.81. The topological polar surface area (TPSA) is 33.2 Å². The zero-order chi connectivity index (χ0) is 13.8. The molecule has 1 saturated heterocycles. The van der Waals surface area contributed by atoms with Gasteiger partial charge in [0.2, 0.25) is 0 Å². The van der Waals surface area contributed by atoms with Crippen LogP contribution in [-0.4, -0.2) is 22.3 Å². The smallest absolute Gasteiger partial charge is 0.254 e. The number of hydrogen-bond donors (Lipinski definition) is 0. The lowest BCUT2D eigenvalue weighted by atomic mass is 9.97. The van der Waals surface area contributed by atoms with E-state index in [1.54, 1.807) is 6.20 Å². The van der Waals surface area contributed by atoms with Gasteiger partial charge in [0.15, 0.2) is 0 Å². The molecular formula is C17H18N2O. The minimum absolute atomic E-state index is 0.109. The van der Waals surface area contributed by atoms with Crippen LogP contribution >= 0.6 is 0 Å². The van der Waals surface area contributed by atoms with Gasteiger partial charge in [-0.1, -0.05) is 24.3 Å². The van der Waals surface area contributed by atoms with Gasteiger partial charge in [0.05, 0.1) is 11.7 Å². The Kier molecular flexibility index (Phi) is 3.77. The summed E-state index contributed by atoms with van der Waals surface area (Å²) < 4.78 is 0. The maximum Gasteiger partial charge on any atom is 0.254 e. The van der Waals surface area contributed by atoms with Crippen molar-refractivity contribution in [3.05, 3.63) is 66.0 Å². The summed E-state index contributed by atoms with van der Waals surface area (Å²) in [6.45, 7) is 0.814. The second-order valence-corrected chi connectivity index (χ2v) is 5.13. The van der Waals surface area contributed by atoms with E-state index in [0.717, 1.165) is 37.1 Å². The van der Waals surface area contributed by atoms with Crippen LogP contribution in [0, 0.1) is 0 Å². The van der Waals surface area contributed by atoms with Crippen LogP contribution in [0.5, 0.6) is 0 Å². The molecule has 2 heterocycles. The molecule has 1 aromatic heterocycles. The molecule has 0 radical (unpaired) electrons. The number of piperidine rings is 1. The van der Waals surface area contributed by atoms with E-state index in [1.807, 2.05) is 53.4 Å². The van der Waals surface area contributed by atoms with Crippen LogP contribution in [-0.2, 0) is 0 Å². The maximum absolute atomic E-state index is 12.7. The van der Waals surface area contributed by atoms with Crippen molar-refractivity contribution in [3.8, 4) is 0 Å².